The Morgan fingerprint density at radius 3 is 2.35 bits per heavy atom. The van der Waals surface area contributed by atoms with Crippen molar-refractivity contribution in [1.82, 2.24) is 9.99 Å². The fourth-order valence-electron chi connectivity index (χ4n) is 3.78. The Labute approximate surface area is 221 Å². The summed E-state index contributed by atoms with van der Waals surface area (Å²) in [4.78, 5) is 38.4. The number of carbonyl (C=O) groups excluding carboxylic acids is 3. The molecule has 37 heavy (non-hydrogen) atoms. The maximum absolute atomic E-state index is 13.1. The van der Waals surface area contributed by atoms with Crippen molar-refractivity contribution in [2.45, 2.75) is 6.42 Å². The molecule has 0 atom stereocenters. The molecule has 0 radical (unpaired) electrons. The van der Waals surface area contributed by atoms with E-state index in [9.17, 15) is 14.4 Å². The zero-order valence-electron chi connectivity index (χ0n) is 20.2. The highest BCUT2D eigenvalue weighted by molar-refractivity contribution is 9.10. The molecule has 0 unspecified atom stereocenters. The number of hydrogen-bond acceptors (Lipinski definition) is 5. The van der Waals surface area contributed by atoms with Crippen LogP contribution in [0.3, 0.4) is 0 Å². The standard InChI is InChI=1S/C27H25BrN4O5/c1-36-23-11-8-17(14-24(23)37-2)12-13-29-26(34)27(35)31-32-21-10-9-19(28)15-18(21)16-22(32)25(33)30-20-6-4-3-5-7-20/h3-11,14-16H,12-13H2,1-2H3,(H,29,34)(H,30,33)(H,31,35). The number of carbonyl (C=O) groups is 3. The first-order chi connectivity index (χ1) is 17.9. The molecule has 9 nitrogen and oxygen atoms in total. The van der Waals surface area contributed by atoms with Gasteiger partial charge in [-0.25, -0.2) is 4.68 Å². The minimum absolute atomic E-state index is 0.170. The number of ether oxygens (including phenoxy) is 2. The molecule has 0 saturated carbocycles. The van der Waals surface area contributed by atoms with Gasteiger partial charge in [-0.15, -0.1) is 0 Å². The van der Waals surface area contributed by atoms with E-state index in [1.54, 1.807) is 62.8 Å². The first-order valence-electron chi connectivity index (χ1n) is 11.4. The van der Waals surface area contributed by atoms with Gasteiger partial charge in [-0.1, -0.05) is 40.2 Å². The molecule has 3 aromatic carbocycles. The normalized spacial score (nSPS) is 10.6. The van der Waals surface area contributed by atoms with E-state index in [2.05, 4.69) is 32.0 Å². The number of nitrogens with one attached hydrogen (secondary N) is 3. The van der Waals surface area contributed by atoms with Gasteiger partial charge in [0.15, 0.2) is 11.5 Å². The van der Waals surface area contributed by atoms with Crippen molar-refractivity contribution in [3.8, 4) is 11.5 Å². The first kappa shape index (κ1) is 25.8. The molecule has 1 heterocycles. The third kappa shape index (κ3) is 6.10. The molecule has 3 amide bonds. The van der Waals surface area contributed by atoms with Gasteiger partial charge >= 0.3 is 11.8 Å². The summed E-state index contributed by atoms with van der Waals surface area (Å²) in [6, 6.07) is 21.4. The van der Waals surface area contributed by atoms with Crippen LogP contribution in [0.1, 0.15) is 16.1 Å². The predicted molar refractivity (Wildman–Crippen MR) is 145 cm³/mol. The quantitative estimate of drug-likeness (QED) is 0.279. The topological polar surface area (TPSA) is 111 Å². The van der Waals surface area contributed by atoms with Gasteiger partial charge in [0.1, 0.15) is 5.69 Å². The number of amides is 3. The number of fused-ring (bicyclic) bond motifs is 1. The Kier molecular flexibility index (Phi) is 8.09. The van der Waals surface area contributed by atoms with Crippen LogP contribution < -0.4 is 25.5 Å². The van der Waals surface area contributed by atoms with Gasteiger partial charge in [-0.05, 0) is 60.5 Å². The Morgan fingerprint density at radius 1 is 0.865 bits per heavy atom. The number of rotatable bonds is 8. The van der Waals surface area contributed by atoms with Crippen LogP contribution in [-0.2, 0) is 16.0 Å². The average Bonchev–Trinajstić information content (AvgIpc) is 3.26. The van der Waals surface area contributed by atoms with Crippen molar-refractivity contribution in [1.29, 1.82) is 0 Å². The molecule has 3 N–H and O–H groups in total. The van der Waals surface area contributed by atoms with Gasteiger partial charge < -0.3 is 20.1 Å². The first-order valence-corrected chi connectivity index (χ1v) is 12.2. The number of anilines is 1. The third-order valence-corrected chi connectivity index (χ3v) is 6.09. The van der Waals surface area contributed by atoms with E-state index in [0.717, 1.165) is 10.0 Å². The van der Waals surface area contributed by atoms with Crippen molar-refractivity contribution < 1.29 is 23.9 Å². The predicted octanol–water partition coefficient (Wildman–Crippen LogP) is 4.10. The van der Waals surface area contributed by atoms with Crippen molar-refractivity contribution >= 4 is 50.2 Å². The summed E-state index contributed by atoms with van der Waals surface area (Å²) >= 11 is 3.42. The highest BCUT2D eigenvalue weighted by Gasteiger charge is 2.21. The number of benzene rings is 3. The summed E-state index contributed by atoms with van der Waals surface area (Å²) in [6.07, 6.45) is 0.477. The van der Waals surface area contributed by atoms with Gasteiger partial charge in [0.2, 0.25) is 0 Å². The lowest BCUT2D eigenvalue weighted by atomic mass is 10.1. The van der Waals surface area contributed by atoms with E-state index in [1.807, 2.05) is 24.3 Å². The summed E-state index contributed by atoms with van der Waals surface area (Å²) in [6.45, 7) is 0.225. The van der Waals surface area contributed by atoms with Gasteiger partial charge in [0.25, 0.3) is 5.91 Å². The Morgan fingerprint density at radius 2 is 1.62 bits per heavy atom. The molecule has 0 aliphatic rings. The summed E-state index contributed by atoms with van der Waals surface area (Å²) < 4.78 is 12.7. The zero-order valence-corrected chi connectivity index (χ0v) is 21.8. The van der Waals surface area contributed by atoms with Crippen LogP contribution in [0, 0.1) is 0 Å². The van der Waals surface area contributed by atoms with Crippen LogP contribution in [0.25, 0.3) is 10.9 Å². The van der Waals surface area contributed by atoms with Gasteiger partial charge in [-0.2, -0.15) is 0 Å². The van der Waals surface area contributed by atoms with E-state index < -0.39 is 17.7 Å². The number of halogens is 1. The molecule has 10 heteroatoms. The second-order valence-corrected chi connectivity index (χ2v) is 8.94. The number of nitrogens with zero attached hydrogens (tertiary/aromatic N) is 1. The molecule has 0 fully saturated rings. The third-order valence-electron chi connectivity index (χ3n) is 5.59. The Balaban J connectivity index is 1.46. The molecular weight excluding hydrogens is 540 g/mol. The number of para-hydroxylation sites is 1. The molecule has 0 spiro atoms. The van der Waals surface area contributed by atoms with E-state index in [4.69, 9.17) is 9.47 Å². The summed E-state index contributed by atoms with van der Waals surface area (Å²) in [5.74, 6) is -0.979. The van der Waals surface area contributed by atoms with Crippen LogP contribution in [0.2, 0.25) is 0 Å². The number of methoxy groups -OCH3 is 2. The van der Waals surface area contributed by atoms with Gasteiger partial charge in [0, 0.05) is 22.1 Å². The van der Waals surface area contributed by atoms with Gasteiger partial charge in [-0.3, -0.25) is 19.8 Å². The van der Waals surface area contributed by atoms with Crippen molar-refractivity contribution in [2.75, 3.05) is 31.5 Å². The molecular formula is C27H25BrN4O5. The lowest BCUT2D eigenvalue weighted by Gasteiger charge is -2.13. The Hall–Kier alpha value is -4.31. The van der Waals surface area contributed by atoms with Crippen LogP contribution in [-0.4, -0.2) is 43.2 Å². The van der Waals surface area contributed by atoms with Crippen molar-refractivity contribution in [3.05, 3.63) is 88.5 Å². The Bertz CT molecular complexity index is 1450. The fraction of sp³-hybridized carbons (Fsp3) is 0.148. The summed E-state index contributed by atoms with van der Waals surface area (Å²) in [5, 5.41) is 6.12. The molecule has 0 saturated heterocycles. The fourth-order valence-corrected chi connectivity index (χ4v) is 4.16. The minimum Gasteiger partial charge on any atom is -0.493 e. The highest BCUT2D eigenvalue weighted by atomic mass is 79.9. The molecule has 0 aliphatic carbocycles. The van der Waals surface area contributed by atoms with Crippen LogP contribution >= 0.6 is 15.9 Å². The molecule has 0 aliphatic heterocycles. The molecule has 0 bridgehead atoms. The van der Waals surface area contributed by atoms with E-state index in [-0.39, 0.29) is 12.2 Å². The maximum atomic E-state index is 13.1. The minimum atomic E-state index is -0.901. The zero-order chi connectivity index (χ0) is 26.4. The molecule has 1 aromatic heterocycles. The average molecular weight is 565 g/mol. The van der Waals surface area contributed by atoms with Gasteiger partial charge in [0.05, 0.1) is 19.7 Å². The van der Waals surface area contributed by atoms with Crippen LogP contribution in [0.15, 0.2) is 77.3 Å². The van der Waals surface area contributed by atoms with E-state index >= 15 is 0 Å². The molecule has 4 rings (SSSR count). The lowest BCUT2D eigenvalue weighted by molar-refractivity contribution is -0.136. The second-order valence-electron chi connectivity index (χ2n) is 8.02. The van der Waals surface area contributed by atoms with Crippen LogP contribution in [0.5, 0.6) is 11.5 Å². The number of hydrogen-bond donors (Lipinski definition) is 3. The summed E-state index contributed by atoms with van der Waals surface area (Å²) in [7, 11) is 3.10. The molecule has 190 valence electrons. The smallest absolute Gasteiger partial charge is 0.328 e. The highest BCUT2D eigenvalue weighted by Crippen LogP contribution is 2.27. The monoisotopic (exact) mass is 564 g/mol. The SMILES string of the molecule is COc1ccc(CCNC(=O)C(=O)Nn2c(C(=O)Nc3ccccc3)cc3cc(Br)ccc32)cc1OC. The number of aromatic nitrogens is 1. The van der Waals surface area contributed by atoms with Crippen molar-refractivity contribution in [2.24, 2.45) is 0 Å². The van der Waals surface area contributed by atoms with E-state index in [1.165, 1.54) is 4.68 Å². The largest absolute Gasteiger partial charge is 0.493 e. The second kappa shape index (κ2) is 11.6. The van der Waals surface area contributed by atoms with E-state index in [0.29, 0.717) is 34.5 Å². The van der Waals surface area contributed by atoms with Crippen LogP contribution in [0.4, 0.5) is 5.69 Å². The molecule has 4 aromatic rings. The lowest BCUT2D eigenvalue weighted by Crippen LogP contribution is -2.40. The summed E-state index contributed by atoms with van der Waals surface area (Å²) in [5.41, 5.74) is 4.79. The van der Waals surface area contributed by atoms with Crippen molar-refractivity contribution in [3.63, 3.8) is 0 Å². The maximum Gasteiger partial charge on any atom is 0.328 e.